The minimum Gasteiger partial charge on any atom is -0.478 e. The zero-order chi connectivity index (χ0) is 14.7. The van der Waals surface area contributed by atoms with E-state index in [0.29, 0.717) is 13.0 Å². The molecule has 1 atom stereocenters. The Balaban J connectivity index is 2.24. The lowest BCUT2D eigenvalue weighted by Gasteiger charge is -2.12. The number of carboxylic acid groups (broad SMARTS) is 1. The van der Waals surface area contributed by atoms with Crippen LogP contribution in [0.3, 0.4) is 0 Å². The Morgan fingerprint density at radius 2 is 2.20 bits per heavy atom. The lowest BCUT2D eigenvalue weighted by Crippen LogP contribution is -2.27. The van der Waals surface area contributed by atoms with Crippen molar-refractivity contribution in [2.75, 3.05) is 11.9 Å². The van der Waals surface area contributed by atoms with Crippen LogP contribution in [-0.2, 0) is 9.53 Å². The fraction of sp³-hybridized carbons (Fsp3) is 0.333. The van der Waals surface area contributed by atoms with Crippen LogP contribution < -0.4 is 5.32 Å². The summed E-state index contributed by atoms with van der Waals surface area (Å²) in [6.45, 7) is 0.490. The third-order valence-corrected chi connectivity index (χ3v) is 2.92. The number of nitrogens with one attached hydrogen (secondary N) is 1. The molecule has 1 amide bonds. The van der Waals surface area contributed by atoms with Gasteiger partial charge in [-0.2, -0.15) is 0 Å². The molecule has 2 N–H and O–H groups in total. The van der Waals surface area contributed by atoms with Crippen LogP contribution in [0.2, 0.25) is 0 Å². The highest BCUT2D eigenvalue weighted by Crippen LogP contribution is 2.23. The van der Waals surface area contributed by atoms with Gasteiger partial charge >= 0.3 is 5.97 Å². The van der Waals surface area contributed by atoms with E-state index in [4.69, 9.17) is 9.84 Å². The smallest absolute Gasteiger partial charge is 0.338 e. The van der Waals surface area contributed by atoms with Crippen LogP contribution in [0.15, 0.2) is 18.2 Å². The second-order valence-corrected chi connectivity index (χ2v) is 4.28. The summed E-state index contributed by atoms with van der Waals surface area (Å²) in [5.41, 5.74) is -0.660. The van der Waals surface area contributed by atoms with E-state index in [1.807, 2.05) is 0 Å². The highest BCUT2D eigenvalue weighted by atomic mass is 16.6. The molecule has 1 fully saturated rings. The molecule has 1 aromatic rings. The number of rotatable bonds is 4. The molecule has 2 rings (SSSR count). The van der Waals surface area contributed by atoms with Crippen LogP contribution in [0, 0.1) is 10.1 Å². The van der Waals surface area contributed by atoms with Crippen LogP contribution in [-0.4, -0.2) is 34.6 Å². The Morgan fingerprint density at radius 3 is 2.75 bits per heavy atom. The van der Waals surface area contributed by atoms with Gasteiger partial charge in [-0.1, -0.05) is 0 Å². The van der Waals surface area contributed by atoms with Crippen molar-refractivity contribution in [2.24, 2.45) is 0 Å². The first-order valence-electron chi connectivity index (χ1n) is 5.93. The fourth-order valence-electron chi connectivity index (χ4n) is 1.93. The maximum absolute atomic E-state index is 11.8. The molecule has 1 heterocycles. The molecule has 0 radical (unpaired) electrons. The lowest BCUT2D eigenvalue weighted by atomic mass is 10.1. The molecule has 20 heavy (non-hydrogen) atoms. The molecule has 1 saturated heterocycles. The Labute approximate surface area is 113 Å². The second-order valence-electron chi connectivity index (χ2n) is 4.28. The van der Waals surface area contributed by atoms with E-state index < -0.39 is 22.9 Å². The number of carbonyl (C=O) groups is 2. The number of anilines is 1. The first-order valence-corrected chi connectivity index (χ1v) is 5.93. The van der Waals surface area contributed by atoms with E-state index in [-0.39, 0.29) is 16.9 Å². The molecule has 0 saturated carbocycles. The number of carboxylic acids is 1. The number of aromatic carboxylic acids is 1. The highest BCUT2D eigenvalue weighted by molar-refractivity contribution is 6.02. The van der Waals surface area contributed by atoms with E-state index >= 15 is 0 Å². The maximum Gasteiger partial charge on any atom is 0.338 e. The molecular formula is C12H12N2O6. The molecule has 8 heteroatoms. The number of nitro groups is 1. The minimum atomic E-state index is -1.35. The number of nitro benzene ring substituents is 1. The van der Waals surface area contributed by atoms with Crippen molar-refractivity contribution in [2.45, 2.75) is 18.9 Å². The molecule has 0 aromatic heterocycles. The minimum absolute atomic E-state index is 0.0172. The molecule has 106 valence electrons. The molecule has 0 bridgehead atoms. The molecule has 1 aliphatic rings. The second kappa shape index (κ2) is 5.66. The number of nitrogens with zero attached hydrogens (tertiary/aromatic N) is 1. The first-order chi connectivity index (χ1) is 9.49. The third-order valence-electron chi connectivity index (χ3n) is 2.92. The summed E-state index contributed by atoms with van der Waals surface area (Å²) < 4.78 is 5.18. The van der Waals surface area contributed by atoms with Gasteiger partial charge < -0.3 is 15.2 Å². The topological polar surface area (TPSA) is 119 Å². The largest absolute Gasteiger partial charge is 0.478 e. The summed E-state index contributed by atoms with van der Waals surface area (Å²) in [5.74, 6) is -1.80. The number of ether oxygens (including phenoxy) is 1. The normalized spacial score (nSPS) is 17.7. The van der Waals surface area contributed by atoms with Gasteiger partial charge in [0.1, 0.15) is 6.10 Å². The molecule has 1 aromatic carbocycles. The lowest BCUT2D eigenvalue weighted by molar-refractivity contribution is -0.384. The Morgan fingerprint density at radius 1 is 1.45 bits per heavy atom. The predicted octanol–water partition coefficient (Wildman–Crippen LogP) is 1.41. The number of hydrogen-bond donors (Lipinski definition) is 2. The van der Waals surface area contributed by atoms with Gasteiger partial charge in [0.25, 0.3) is 11.6 Å². The quantitative estimate of drug-likeness (QED) is 0.635. The van der Waals surface area contributed by atoms with E-state index in [2.05, 4.69) is 5.32 Å². The van der Waals surface area contributed by atoms with Crippen molar-refractivity contribution in [1.82, 2.24) is 0 Å². The van der Waals surface area contributed by atoms with Crippen LogP contribution in [0.1, 0.15) is 23.2 Å². The number of non-ortho nitro benzene ring substituents is 1. The van der Waals surface area contributed by atoms with Crippen molar-refractivity contribution < 1.29 is 24.4 Å². The van der Waals surface area contributed by atoms with Crippen molar-refractivity contribution in [3.05, 3.63) is 33.9 Å². The van der Waals surface area contributed by atoms with Crippen LogP contribution in [0.25, 0.3) is 0 Å². The molecule has 0 unspecified atom stereocenters. The van der Waals surface area contributed by atoms with Crippen molar-refractivity contribution in [1.29, 1.82) is 0 Å². The van der Waals surface area contributed by atoms with Crippen molar-refractivity contribution in [3.8, 4) is 0 Å². The Bertz CT molecular complexity index is 565. The molecule has 8 nitrogen and oxygen atoms in total. The van der Waals surface area contributed by atoms with Gasteiger partial charge in [0.05, 0.1) is 16.2 Å². The average Bonchev–Trinajstić information content (AvgIpc) is 2.92. The Hall–Kier alpha value is -2.48. The summed E-state index contributed by atoms with van der Waals surface area (Å²) in [6, 6.07) is 3.25. The Kier molecular flexibility index (Phi) is 3.94. The summed E-state index contributed by atoms with van der Waals surface area (Å²) in [7, 11) is 0. The number of carbonyl (C=O) groups excluding carboxylic acids is 1. The number of hydrogen-bond acceptors (Lipinski definition) is 5. The number of amides is 1. The third kappa shape index (κ3) is 2.91. The maximum atomic E-state index is 11.8. The highest BCUT2D eigenvalue weighted by Gasteiger charge is 2.25. The van der Waals surface area contributed by atoms with Crippen LogP contribution >= 0.6 is 0 Å². The zero-order valence-corrected chi connectivity index (χ0v) is 10.4. The summed E-state index contributed by atoms with van der Waals surface area (Å²) in [6.07, 6.45) is 0.734. The average molecular weight is 280 g/mol. The summed E-state index contributed by atoms with van der Waals surface area (Å²) >= 11 is 0. The standard InChI is InChI=1S/C12H12N2O6/c15-11(10-2-1-5-20-10)13-9-4-3-7(14(18)19)6-8(9)12(16)17/h3-4,6,10H,1-2,5H2,(H,13,15)(H,16,17)/t10-/m0/s1. The molecular weight excluding hydrogens is 268 g/mol. The van der Waals surface area contributed by atoms with Crippen LogP contribution in [0.4, 0.5) is 11.4 Å². The molecule has 0 spiro atoms. The van der Waals surface area contributed by atoms with Crippen LogP contribution in [0.5, 0.6) is 0 Å². The monoisotopic (exact) mass is 280 g/mol. The predicted molar refractivity (Wildman–Crippen MR) is 67.7 cm³/mol. The van der Waals surface area contributed by atoms with Gasteiger partial charge in [-0.05, 0) is 18.9 Å². The fourth-order valence-corrected chi connectivity index (χ4v) is 1.93. The van der Waals surface area contributed by atoms with Gasteiger partial charge in [0.15, 0.2) is 0 Å². The zero-order valence-electron chi connectivity index (χ0n) is 10.4. The van der Waals surface area contributed by atoms with E-state index in [1.165, 1.54) is 6.07 Å². The molecule has 0 aliphatic carbocycles. The molecule has 1 aliphatic heterocycles. The van der Waals surface area contributed by atoms with Crippen molar-refractivity contribution in [3.63, 3.8) is 0 Å². The summed E-state index contributed by atoms with van der Waals surface area (Å²) in [5, 5.41) is 22.1. The van der Waals surface area contributed by atoms with Gasteiger partial charge in [-0.15, -0.1) is 0 Å². The van der Waals surface area contributed by atoms with Gasteiger partial charge in [-0.3, -0.25) is 14.9 Å². The SMILES string of the molecule is O=C(O)c1cc([N+](=O)[O-])ccc1NC(=O)[C@@H]1CCCO1. The van der Waals surface area contributed by atoms with Gasteiger partial charge in [-0.25, -0.2) is 4.79 Å². The van der Waals surface area contributed by atoms with E-state index in [1.54, 1.807) is 0 Å². The van der Waals surface area contributed by atoms with Gasteiger partial charge in [0, 0.05) is 18.7 Å². The van der Waals surface area contributed by atoms with Crippen molar-refractivity contribution >= 4 is 23.3 Å². The van der Waals surface area contributed by atoms with E-state index in [0.717, 1.165) is 18.6 Å². The van der Waals surface area contributed by atoms with E-state index in [9.17, 15) is 19.7 Å². The summed E-state index contributed by atoms with van der Waals surface area (Å²) in [4.78, 5) is 32.9. The first kappa shape index (κ1) is 13.9. The number of benzene rings is 1. The van der Waals surface area contributed by atoms with Gasteiger partial charge in [0.2, 0.25) is 0 Å².